The average Bonchev–Trinajstić information content (AvgIpc) is 2.44. The summed E-state index contributed by atoms with van der Waals surface area (Å²) in [6.45, 7) is 1.74. The summed E-state index contributed by atoms with van der Waals surface area (Å²) in [6.07, 6.45) is 0.332. The molecule has 2 rings (SSSR count). The molecule has 110 valence electrons. The van der Waals surface area contributed by atoms with E-state index in [1.807, 2.05) is 0 Å². The van der Waals surface area contributed by atoms with E-state index >= 15 is 0 Å². The van der Waals surface area contributed by atoms with E-state index in [0.717, 1.165) is 4.90 Å². The molecule has 0 aliphatic rings. The molecule has 1 amide bonds. The van der Waals surface area contributed by atoms with Crippen molar-refractivity contribution in [3.05, 3.63) is 59.7 Å². The number of anilines is 1. The highest BCUT2D eigenvalue weighted by Crippen LogP contribution is 2.20. The van der Waals surface area contributed by atoms with Gasteiger partial charge >= 0.3 is 0 Å². The highest BCUT2D eigenvalue weighted by Gasteiger charge is 2.06. The zero-order chi connectivity index (χ0) is 15.2. The number of halogens is 2. The molecule has 2 aromatic rings. The fourth-order valence-electron chi connectivity index (χ4n) is 1.77. The highest BCUT2D eigenvalue weighted by atomic mass is 32.2. The Morgan fingerprint density at radius 3 is 2.43 bits per heavy atom. The zero-order valence-electron chi connectivity index (χ0n) is 11.5. The summed E-state index contributed by atoms with van der Waals surface area (Å²) >= 11 is 1.49. The van der Waals surface area contributed by atoms with Crippen LogP contribution in [0.4, 0.5) is 14.5 Å². The summed E-state index contributed by atoms with van der Waals surface area (Å²) in [5, 5.41) is 2.75. The van der Waals surface area contributed by atoms with E-state index in [2.05, 4.69) is 5.32 Å². The van der Waals surface area contributed by atoms with E-state index in [1.54, 1.807) is 25.1 Å². The summed E-state index contributed by atoms with van der Waals surface area (Å²) in [4.78, 5) is 12.7. The van der Waals surface area contributed by atoms with Gasteiger partial charge in [-0.2, -0.15) is 0 Å². The Kier molecular flexibility index (Phi) is 5.33. The lowest BCUT2D eigenvalue weighted by molar-refractivity contribution is -0.115. The molecular weight excluding hydrogens is 292 g/mol. The minimum absolute atomic E-state index is 0.126. The molecule has 0 aliphatic heterocycles. The Bertz CT molecular complexity index is 629. The standard InChI is InChI=1S/C16H15F2NOS/c1-11-10-13(18)4-7-15(11)19-16(20)8-9-21-14-5-2-12(17)3-6-14/h2-7,10H,8-9H2,1H3,(H,19,20). The molecule has 1 N–H and O–H groups in total. The van der Waals surface area contributed by atoms with Crippen LogP contribution in [-0.4, -0.2) is 11.7 Å². The molecule has 2 nitrogen and oxygen atoms in total. The van der Waals surface area contributed by atoms with E-state index in [0.29, 0.717) is 23.4 Å². The van der Waals surface area contributed by atoms with E-state index in [4.69, 9.17) is 0 Å². The quantitative estimate of drug-likeness (QED) is 0.830. The Balaban J connectivity index is 1.81. The van der Waals surface area contributed by atoms with Crippen molar-refractivity contribution >= 4 is 23.4 Å². The molecular formula is C16H15F2NOS. The Morgan fingerprint density at radius 2 is 1.76 bits per heavy atom. The van der Waals surface area contributed by atoms with Gasteiger partial charge in [0.05, 0.1) is 0 Å². The number of amides is 1. The summed E-state index contributed by atoms with van der Waals surface area (Å²) in [5.41, 5.74) is 1.31. The smallest absolute Gasteiger partial charge is 0.225 e. The molecule has 0 aromatic heterocycles. The van der Waals surface area contributed by atoms with Gasteiger partial charge < -0.3 is 5.32 Å². The van der Waals surface area contributed by atoms with E-state index < -0.39 is 0 Å². The van der Waals surface area contributed by atoms with Gasteiger partial charge in [0.2, 0.25) is 5.91 Å². The fraction of sp³-hybridized carbons (Fsp3) is 0.188. The Hall–Kier alpha value is -1.88. The molecule has 0 unspecified atom stereocenters. The highest BCUT2D eigenvalue weighted by molar-refractivity contribution is 7.99. The summed E-state index contributed by atoms with van der Waals surface area (Å²) < 4.78 is 25.7. The number of rotatable bonds is 5. The molecule has 0 aliphatic carbocycles. The van der Waals surface area contributed by atoms with Crippen LogP contribution in [0.2, 0.25) is 0 Å². The van der Waals surface area contributed by atoms with Crippen molar-refractivity contribution in [3.63, 3.8) is 0 Å². The van der Waals surface area contributed by atoms with Crippen LogP contribution in [0.1, 0.15) is 12.0 Å². The van der Waals surface area contributed by atoms with Crippen LogP contribution in [0.5, 0.6) is 0 Å². The third-order valence-electron chi connectivity index (χ3n) is 2.87. The fourth-order valence-corrected chi connectivity index (χ4v) is 2.62. The zero-order valence-corrected chi connectivity index (χ0v) is 12.3. The van der Waals surface area contributed by atoms with Crippen LogP contribution in [0.15, 0.2) is 47.4 Å². The van der Waals surface area contributed by atoms with Crippen molar-refractivity contribution < 1.29 is 13.6 Å². The number of aryl methyl sites for hydroxylation is 1. The van der Waals surface area contributed by atoms with Crippen molar-refractivity contribution in [3.8, 4) is 0 Å². The van der Waals surface area contributed by atoms with Crippen molar-refractivity contribution in [1.82, 2.24) is 0 Å². The van der Waals surface area contributed by atoms with Crippen LogP contribution in [0.3, 0.4) is 0 Å². The van der Waals surface area contributed by atoms with Gasteiger partial charge in [-0.05, 0) is 55.0 Å². The topological polar surface area (TPSA) is 29.1 Å². The van der Waals surface area contributed by atoms with Crippen LogP contribution < -0.4 is 5.32 Å². The van der Waals surface area contributed by atoms with Gasteiger partial charge in [-0.25, -0.2) is 8.78 Å². The van der Waals surface area contributed by atoms with Crippen molar-refractivity contribution in [2.75, 3.05) is 11.1 Å². The molecule has 0 radical (unpaired) electrons. The van der Waals surface area contributed by atoms with E-state index in [-0.39, 0.29) is 17.5 Å². The monoisotopic (exact) mass is 307 g/mol. The van der Waals surface area contributed by atoms with Gasteiger partial charge in [0.25, 0.3) is 0 Å². The maximum atomic E-state index is 13.0. The van der Waals surface area contributed by atoms with Crippen molar-refractivity contribution in [2.45, 2.75) is 18.2 Å². The lowest BCUT2D eigenvalue weighted by atomic mass is 10.2. The predicted molar refractivity (Wildman–Crippen MR) is 81.5 cm³/mol. The third-order valence-corrected chi connectivity index (χ3v) is 3.89. The summed E-state index contributed by atoms with van der Waals surface area (Å²) in [5.74, 6) is -0.127. The largest absolute Gasteiger partial charge is 0.326 e. The maximum absolute atomic E-state index is 13.0. The van der Waals surface area contributed by atoms with Crippen LogP contribution in [0, 0.1) is 18.6 Å². The number of hydrogen-bond acceptors (Lipinski definition) is 2. The number of thioether (sulfide) groups is 1. The van der Waals surface area contributed by atoms with Gasteiger partial charge in [-0.15, -0.1) is 11.8 Å². The van der Waals surface area contributed by atoms with Crippen molar-refractivity contribution in [2.24, 2.45) is 0 Å². The molecule has 2 aromatic carbocycles. The second-order valence-electron chi connectivity index (χ2n) is 4.56. The minimum Gasteiger partial charge on any atom is -0.326 e. The molecule has 0 heterocycles. The number of carbonyl (C=O) groups excluding carboxylic acids is 1. The van der Waals surface area contributed by atoms with Crippen LogP contribution >= 0.6 is 11.8 Å². The second kappa shape index (κ2) is 7.22. The Morgan fingerprint density at radius 1 is 1.10 bits per heavy atom. The SMILES string of the molecule is Cc1cc(F)ccc1NC(=O)CCSc1ccc(F)cc1. The van der Waals surface area contributed by atoms with Crippen molar-refractivity contribution in [1.29, 1.82) is 0 Å². The first-order chi connectivity index (χ1) is 10.0. The summed E-state index contributed by atoms with van der Waals surface area (Å²) in [7, 11) is 0. The first-order valence-corrected chi connectivity index (χ1v) is 7.47. The predicted octanol–water partition coefficient (Wildman–Crippen LogP) is 4.39. The maximum Gasteiger partial charge on any atom is 0.225 e. The van der Waals surface area contributed by atoms with E-state index in [9.17, 15) is 13.6 Å². The minimum atomic E-state index is -0.322. The summed E-state index contributed by atoms with van der Waals surface area (Å²) in [6, 6.07) is 10.4. The Labute approximate surface area is 126 Å². The number of carbonyl (C=O) groups is 1. The second-order valence-corrected chi connectivity index (χ2v) is 5.73. The molecule has 0 spiro atoms. The number of hydrogen-bond donors (Lipinski definition) is 1. The molecule has 0 bridgehead atoms. The van der Waals surface area contributed by atoms with E-state index in [1.165, 1.54) is 36.0 Å². The van der Waals surface area contributed by atoms with Crippen LogP contribution in [0.25, 0.3) is 0 Å². The molecule has 0 fully saturated rings. The lowest BCUT2D eigenvalue weighted by Crippen LogP contribution is -2.13. The first kappa shape index (κ1) is 15.5. The van der Waals surface area contributed by atoms with Gasteiger partial charge in [0, 0.05) is 22.8 Å². The lowest BCUT2D eigenvalue weighted by Gasteiger charge is -2.08. The first-order valence-electron chi connectivity index (χ1n) is 6.49. The molecule has 0 saturated carbocycles. The van der Waals surface area contributed by atoms with Crippen LogP contribution in [-0.2, 0) is 4.79 Å². The third kappa shape index (κ3) is 4.86. The average molecular weight is 307 g/mol. The molecule has 21 heavy (non-hydrogen) atoms. The van der Waals surface area contributed by atoms with Gasteiger partial charge in [0.1, 0.15) is 11.6 Å². The van der Waals surface area contributed by atoms with Gasteiger partial charge in [-0.3, -0.25) is 4.79 Å². The number of nitrogens with one attached hydrogen (secondary N) is 1. The molecule has 0 atom stereocenters. The van der Waals surface area contributed by atoms with Gasteiger partial charge in [0.15, 0.2) is 0 Å². The normalized spacial score (nSPS) is 10.4. The number of benzene rings is 2. The van der Waals surface area contributed by atoms with Gasteiger partial charge in [-0.1, -0.05) is 0 Å². The molecule has 0 saturated heterocycles. The molecule has 5 heteroatoms.